The lowest BCUT2D eigenvalue weighted by molar-refractivity contribution is 0.232. The molecule has 0 aromatic heterocycles. The first-order valence-electron chi connectivity index (χ1n) is 4.41. The van der Waals surface area contributed by atoms with E-state index in [2.05, 4.69) is 0 Å². The third-order valence-electron chi connectivity index (χ3n) is 1.89. The van der Waals surface area contributed by atoms with Crippen molar-refractivity contribution in [2.45, 2.75) is 18.9 Å². The van der Waals surface area contributed by atoms with Crippen LogP contribution in [0.5, 0.6) is 0 Å². The van der Waals surface area contributed by atoms with Crippen molar-refractivity contribution < 1.29 is 22.3 Å². The zero-order chi connectivity index (χ0) is 12.2. The topological polar surface area (TPSA) is 66.4 Å². The van der Waals surface area contributed by atoms with E-state index in [0.29, 0.717) is 11.1 Å². The van der Waals surface area contributed by atoms with Crippen LogP contribution in [-0.4, -0.2) is 19.3 Å². The number of benzene rings is 1. The second kappa shape index (κ2) is 5.33. The van der Waals surface area contributed by atoms with Gasteiger partial charge in [0.25, 0.3) is 10.0 Å². The summed E-state index contributed by atoms with van der Waals surface area (Å²) in [7, 11) is -4.56. The fourth-order valence-electron chi connectivity index (χ4n) is 1.08. The quantitative estimate of drug-likeness (QED) is 0.814. The molecule has 0 unspecified atom stereocenters. The highest BCUT2D eigenvalue weighted by atomic mass is 32.2. The summed E-state index contributed by atoms with van der Waals surface area (Å²) in [5.74, 6) is -3.44. The highest BCUT2D eigenvalue weighted by Gasteiger charge is 2.22. The Morgan fingerprint density at radius 2 is 1.94 bits per heavy atom. The second-order valence-corrected chi connectivity index (χ2v) is 4.84. The summed E-state index contributed by atoms with van der Waals surface area (Å²) in [5.41, 5.74) is 1.10. The Hall–Kier alpha value is -1.05. The van der Waals surface area contributed by atoms with Gasteiger partial charge < -0.3 is 5.11 Å². The molecule has 0 fully saturated rings. The van der Waals surface area contributed by atoms with Gasteiger partial charge in [-0.05, 0) is 11.1 Å². The maximum absolute atomic E-state index is 12.0. The Bertz CT molecular complexity index is 448. The molecule has 16 heavy (non-hydrogen) atoms. The highest BCUT2D eigenvalue weighted by molar-refractivity contribution is 7.89. The zero-order valence-corrected chi connectivity index (χ0v) is 9.05. The van der Waals surface area contributed by atoms with Crippen LogP contribution in [0.2, 0.25) is 0 Å². The molecule has 90 valence electrons. The average molecular weight is 251 g/mol. The number of aliphatic hydroxyl groups is 1. The molecule has 0 aliphatic rings. The third-order valence-corrected chi connectivity index (χ3v) is 2.90. The molecule has 0 spiro atoms. The average Bonchev–Trinajstić information content (AvgIpc) is 2.26. The van der Waals surface area contributed by atoms with Gasteiger partial charge in [-0.1, -0.05) is 24.3 Å². The van der Waals surface area contributed by atoms with Crippen LogP contribution in [0, 0.1) is 0 Å². The minimum atomic E-state index is -4.56. The van der Waals surface area contributed by atoms with E-state index in [0.717, 1.165) is 0 Å². The fourth-order valence-corrected chi connectivity index (χ4v) is 1.58. The van der Waals surface area contributed by atoms with Crippen LogP contribution in [0.3, 0.4) is 0 Å². The van der Waals surface area contributed by atoms with Gasteiger partial charge >= 0.3 is 5.76 Å². The predicted octanol–water partition coefficient (Wildman–Crippen LogP) is 0.821. The third kappa shape index (κ3) is 3.51. The van der Waals surface area contributed by atoms with Gasteiger partial charge in [0.1, 0.15) is 0 Å². The van der Waals surface area contributed by atoms with Gasteiger partial charge in [-0.15, -0.1) is 0 Å². The molecular formula is C9H11F2NO3S. The van der Waals surface area contributed by atoms with Crippen molar-refractivity contribution >= 4 is 10.0 Å². The molecular weight excluding hydrogens is 240 g/mol. The molecule has 0 heterocycles. The molecule has 2 N–H and O–H groups in total. The molecule has 7 heteroatoms. The predicted molar refractivity (Wildman–Crippen MR) is 54.1 cm³/mol. The van der Waals surface area contributed by atoms with Crippen LogP contribution < -0.4 is 4.72 Å². The summed E-state index contributed by atoms with van der Waals surface area (Å²) in [6, 6.07) is 6.36. The summed E-state index contributed by atoms with van der Waals surface area (Å²) in [6.07, 6.45) is 0. The summed E-state index contributed by atoms with van der Waals surface area (Å²) in [6.45, 7) is -0.407. The Kier molecular flexibility index (Phi) is 4.34. The van der Waals surface area contributed by atoms with E-state index in [-0.39, 0.29) is 13.2 Å². The molecule has 0 aliphatic carbocycles. The van der Waals surface area contributed by atoms with Gasteiger partial charge in [-0.25, -0.2) is 13.1 Å². The van der Waals surface area contributed by atoms with Crippen LogP contribution >= 0.6 is 0 Å². The van der Waals surface area contributed by atoms with Crippen LogP contribution in [0.25, 0.3) is 0 Å². The largest absolute Gasteiger partial charge is 0.392 e. The maximum Gasteiger partial charge on any atom is 0.350 e. The Morgan fingerprint density at radius 3 is 2.50 bits per heavy atom. The fraction of sp³-hybridized carbons (Fsp3) is 0.333. The maximum atomic E-state index is 12.0. The Labute approximate surface area is 92.0 Å². The number of nitrogens with one attached hydrogen (secondary N) is 1. The molecule has 4 nitrogen and oxygen atoms in total. The first kappa shape index (κ1) is 13.0. The lowest BCUT2D eigenvalue weighted by Gasteiger charge is -2.06. The molecule has 0 saturated heterocycles. The van der Waals surface area contributed by atoms with Crippen molar-refractivity contribution in [3.63, 3.8) is 0 Å². The molecule has 0 bridgehead atoms. The summed E-state index contributed by atoms with van der Waals surface area (Å²) in [4.78, 5) is 0. The van der Waals surface area contributed by atoms with E-state index in [1.54, 1.807) is 22.9 Å². The molecule has 1 aromatic rings. The Balaban J connectivity index is 2.68. The van der Waals surface area contributed by atoms with Crippen molar-refractivity contribution in [1.29, 1.82) is 0 Å². The molecule has 0 radical (unpaired) electrons. The molecule has 1 aromatic carbocycles. The molecule has 1 rings (SSSR count). The van der Waals surface area contributed by atoms with Crippen molar-refractivity contribution in [2.24, 2.45) is 0 Å². The normalized spacial score (nSPS) is 12.0. The van der Waals surface area contributed by atoms with E-state index >= 15 is 0 Å². The SMILES string of the molecule is O=S(=O)(NCc1cccc(CO)c1)C(F)F. The second-order valence-electron chi connectivity index (χ2n) is 3.10. The van der Waals surface area contributed by atoms with E-state index in [9.17, 15) is 17.2 Å². The summed E-state index contributed by atoms with van der Waals surface area (Å²) in [5, 5.41) is 8.82. The molecule has 0 aliphatic heterocycles. The lowest BCUT2D eigenvalue weighted by atomic mass is 10.1. The van der Waals surface area contributed by atoms with Gasteiger partial charge in [-0.3, -0.25) is 0 Å². The number of halogens is 2. The Morgan fingerprint density at radius 1 is 1.31 bits per heavy atom. The molecule has 0 atom stereocenters. The number of rotatable bonds is 5. The number of alkyl halides is 2. The lowest BCUT2D eigenvalue weighted by Crippen LogP contribution is -2.28. The number of sulfonamides is 1. The van der Waals surface area contributed by atoms with Crippen molar-refractivity contribution in [3.05, 3.63) is 35.4 Å². The van der Waals surface area contributed by atoms with Gasteiger partial charge in [0, 0.05) is 6.54 Å². The summed E-state index contributed by atoms with van der Waals surface area (Å²) >= 11 is 0. The number of hydrogen-bond acceptors (Lipinski definition) is 3. The van der Waals surface area contributed by atoms with E-state index in [1.165, 1.54) is 6.07 Å². The van der Waals surface area contributed by atoms with Gasteiger partial charge in [0.2, 0.25) is 0 Å². The molecule has 0 amide bonds. The smallest absolute Gasteiger partial charge is 0.350 e. The number of aliphatic hydroxyl groups excluding tert-OH is 1. The van der Waals surface area contributed by atoms with Crippen LogP contribution in [0.1, 0.15) is 11.1 Å². The minimum absolute atomic E-state index is 0.185. The van der Waals surface area contributed by atoms with Gasteiger partial charge in [0.15, 0.2) is 0 Å². The first-order chi connectivity index (χ1) is 7.45. The van der Waals surface area contributed by atoms with Gasteiger partial charge in [0.05, 0.1) is 6.61 Å². The molecule has 0 saturated carbocycles. The minimum Gasteiger partial charge on any atom is -0.392 e. The van der Waals surface area contributed by atoms with Gasteiger partial charge in [-0.2, -0.15) is 8.78 Å². The summed E-state index contributed by atoms with van der Waals surface area (Å²) < 4.78 is 47.2. The van der Waals surface area contributed by atoms with Crippen LogP contribution in [0.4, 0.5) is 8.78 Å². The van der Waals surface area contributed by atoms with Crippen molar-refractivity contribution in [3.8, 4) is 0 Å². The van der Waals surface area contributed by atoms with Crippen molar-refractivity contribution in [2.75, 3.05) is 0 Å². The highest BCUT2D eigenvalue weighted by Crippen LogP contribution is 2.07. The monoisotopic (exact) mass is 251 g/mol. The van der Waals surface area contributed by atoms with Crippen molar-refractivity contribution in [1.82, 2.24) is 4.72 Å². The van der Waals surface area contributed by atoms with Crippen LogP contribution in [0.15, 0.2) is 24.3 Å². The number of hydrogen-bond donors (Lipinski definition) is 2. The zero-order valence-electron chi connectivity index (χ0n) is 8.23. The van der Waals surface area contributed by atoms with E-state index in [4.69, 9.17) is 5.11 Å². The van der Waals surface area contributed by atoms with E-state index in [1.807, 2.05) is 0 Å². The standard InChI is InChI=1S/C9H11F2NO3S/c10-9(11)16(14,15)12-5-7-2-1-3-8(4-7)6-13/h1-4,9,12-13H,5-6H2. The van der Waals surface area contributed by atoms with E-state index < -0.39 is 15.8 Å². The van der Waals surface area contributed by atoms with Crippen LogP contribution in [-0.2, 0) is 23.2 Å². The first-order valence-corrected chi connectivity index (χ1v) is 5.95.